The summed E-state index contributed by atoms with van der Waals surface area (Å²) in [6.45, 7) is 6.94. The zero-order valence-corrected chi connectivity index (χ0v) is 12.9. The minimum atomic E-state index is -0.202. The first-order valence-corrected chi connectivity index (χ1v) is 7.94. The van der Waals surface area contributed by atoms with E-state index >= 15 is 0 Å². The van der Waals surface area contributed by atoms with Crippen LogP contribution in [0.4, 0.5) is 0 Å². The van der Waals surface area contributed by atoms with Crippen molar-refractivity contribution in [2.45, 2.75) is 58.4 Å². The van der Waals surface area contributed by atoms with Crippen LogP contribution in [0.3, 0.4) is 0 Å². The fourth-order valence-electron chi connectivity index (χ4n) is 2.41. The lowest BCUT2D eigenvalue weighted by atomic mass is 10.2. The van der Waals surface area contributed by atoms with E-state index in [1.807, 2.05) is 18.7 Å². The quantitative estimate of drug-likeness (QED) is 0.740. The lowest BCUT2D eigenvalue weighted by Gasteiger charge is -2.24. The number of rotatable bonds is 7. The molecule has 2 N–H and O–H groups in total. The Morgan fingerprint density at radius 2 is 1.75 bits per heavy atom. The first kappa shape index (κ1) is 17.0. The lowest BCUT2D eigenvalue weighted by molar-refractivity contribution is -0.133. The molecule has 0 spiro atoms. The van der Waals surface area contributed by atoms with Crippen LogP contribution in [-0.4, -0.2) is 48.9 Å². The van der Waals surface area contributed by atoms with Crippen molar-refractivity contribution in [3.05, 3.63) is 0 Å². The van der Waals surface area contributed by atoms with Crippen molar-refractivity contribution >= 4 is 11.8 Å². The highest BCUT2D eigenvalue weighted by atomic mass is 16.2. The van der Waals surface area contributed by atoms with Gasteiger partial charge in [0.05, 0.1) is 6.04 Å². The minimum absolute atomic E-state index is 0.0498. The summed E-state index contributed by atoms with van der Waals surface area (Å²) in [5, 5.41) is 5.99. The molecule has 0 aromatic heterocycles. The highest BCUT2D eigenvalue weighted by molar-refractivity contribution is 5.81. The van der Waals surface area contributed by atoms with E-state index < -0.39 is 0 Å². The van der Waals surface area contributed by atoms with E-state index in [2.05, 4.69) is 10.6 Å². The summed E-state index contributed by atoms with van der Waals surface area (Å²) in [6.07, 6.45) is 6.04. The van der Waals surface area contributed by atoms with Crippen LogP contribution in [0.15, 0.2) is 0 Å². The van der Waals surface area contributed by atoms with E-state index in [9.17, 15) is 9.59 Å². The van der Waals surface area contributed by atoms with Crippen molar-refractivity contribution in [3.63, 3.8) is 0 Å². The van der Waals surface area contributed by atoms with Crippen molar-refractivity contribution in [2.24, 2.45) is 0 Å². The largest absolute Gasteiger partial charge is 0.356 e. The van der Waals surface area contributed by atoms with Crippen LogP contribution in [0.1, 0.15) is 52.4 Å². The third-order valence-electron chi connectivity index (χ3n) is 3.66. The maximum absolute atomic E-state index is 12.3. The molecule has 1 aliphatic heterocycles. The number of likely N-dealkylation sites (tertiary alicyclic amines) is 1. The molecule has 0 aromatic carbocycles. The molecule has 1 fully saturated rings. The van der Waals surface area contributed by atoms with Gasteiger partial charge in [0, 0.05) is 32.6 Å². The fourth-order valence-corrected chi connectivity index (χ4v) is 2.41. The van der Waals surface area contributed by atoms with E-state index in [0.717, 1.165) is 38.9 Å². The van der Waals surface area contributed by atoms with Crippen molar-refractivity contribution in [1.29, 1.82) is 0 Å². The number of amides is 2. The van der Waals surface area contributed by atoms with Crippen molar-refractivity contribution in [2.75, 3.05) is 26.2 Å². The Bertz CT molecular complexity index is 299. The van der Waals surface area contributed by atoms with E-state index in [4.69, 9.17) is 0 Å². The summed E-state index contributed by atoms with van der Waals surface area (Å²) in [5.74, 6) is 0.217. The second-order valence-electron chi connectivity index (χ2n) is 5.52. The van der Waals surface area contributed by atoms with Gasteiger partial charge in [-0.3, -0.25) is 9.59 Å². The summed E-state index contributed by atoms with van der Waals surface area (Å²) in [7, 11) is 0. The third-order valence-corrected chi connectivity index (χ3v) is 3.66. The summed E-state index contributed by atoms with van der Waals surface area (Å²) < 4.78 is 0. The van der Waals surface area contributed by atoms with Crippen LogP contribution < -0.4 is 10.6 Å². The van der Waals surface area contributed by atoms with Gasteiger partial charge < -0.3 is 15.5 Å². The van der Waals surface area contributed by atoms with E-state index in [-0.39, 0.29) is 17.9 Å². The molecule has 1 rings (SSSR count). The Morgan fingerprint density at radius 1 is 1.10 bits per heavy atom. The molecular formula is C15H29N3O2. The number of hydrogen-bond acceptors (Lipinski definition) is 3. The maximum atomic E-state index is 12.3. The van der Waals surface area contributed by atoms with E-state index in [0.29, 0.717) is 13.0 Å². The van der Waals surface area contributed by atoms with E-state index in [1.165, 1.54) is 12.8 Å². The first-order valence-electron chi connectivity index (χ1n) is 7.94. The van der Waals surface area contributed by atoms with Crippen molar-refractivity contribution in [1.82, 2.24) is 15.5 Å². The van der Waals surface area contributed by atoms with Gasteiger partial charge in [0.1, 0.15) is 0 Å². The van der Waals surface area contributed by atoms with Gasteiger partial charge in [0.15, 0.2) is 0 Å². The average Bonchev–Trinajstić information content (AvgIpc) is 2.73. The molecule has 1 heterocycles. The molecule has 1 aliphatic rings. The van der Waals surface area contributed by atoms with Gasteiger partial charge in [-0.25, -0.2) is 0 Å². The lowest BCUT2D eigenvalue weighted by Crippen LogP contribution is -2.46. The zero-order valence-electron chi connectivity index (χ0n) is 12.9. The first-order chi connectivity index (χ1) is 9.65. The topological polar surface area (TPSA) is 61.4 Å². The molecule has 0 bridgehead atoms. The standard InChI is InChI=1S/C15H29N3O2/c1-3-9-17-14(19)8-10-16-13(2)15(20)18-11-6-4-5-7-12-18/h13,16H,3-12H2,1-2H3,(H,17,19). The third kappa shape index (κ3) is 6.37. The van der Waals surface area contributed by atoms with Gasteiger partial charge in [0.25, 0.3) is 0 Å². The van der Waals surface area contributed by atoms with Crippen molar-refractivity contribution in [3.8, 4) is 0 Å². The SMILES string of the molecule is CCCNC(=O)CCNC(C)C(=O)N1CCCCCC1. The molecule has 116 valence electrons. The van der Waals surface area contributed by atoms with Gasteiger partial charge in [-0.1, -0.05) is 19.8 Å². The summed E-state index contributed by atoms with van der Waals surface area (Å²) in [6, 6.07) is -0.202. The predicted molar refractivity (Wildman–Crippen MR) is 80.4 cm³/mol. The molecule has 0 saturated carbocycles. The van der Waals surface area contributed by atoms with Crippen LogP contribution >= 0.6 is 0 Å². The van der Waals surface area contributed by atoms with Crippen molar-refractivity contribution < 1.29 is 9.59 Å². The van der Waals surface area contributed by atoms with E-state index in [1.54, 1.807) is 0 Å². The smallest absolute Gasteiger partial charge is 0.239 e. The maximum Gasteiger partial charge on any atom is 0.239 e. The zero-order chi connectivity index (χ0) is 14.8. The minimum Gasteiger partial charge on any atom is -0.356 e. The molecule has 2 amide bonds. The normalized spacial score (nSPS) is 17.4. The predicted octanol–water partition coefficient (Wildman–Crippen LogP) is 1.28. The second kappa shape index (κ2) is 9.75. The number of carbonyl (C=O) groups is 2. The Hall–Kier alpha value is -1.10. The summed E-state index contributed by atoms with van der Waals surface area (Å²) in [5.41, 5.74) is 0. The highest BCUT2D eigenvalue weighted by Gasteiger charge is 2.20. The van der Waals surface area contributed by atoms with Gasteiger partial charge in [0.2, 0.25) is 11.8 Å². The van der Waals surface area contributed by atoms with Gasteiger partial charge >= 0.3 is 0 Å². The Balaban J connectivity index is 2.22. The number of hydrogen-bond donors (Lipinski definition) is 2. The number of nitrogens with zero attached hydrogens (tertiary/aromatic N) is 1. The molecule has 1 saturated heterocycles. The molecule has 1 atom stereocenters. The van der Waals surface area contributed by atoms with Crippen LogP contribution in [-0.2, 0) is 9.59 Å². The summed E-state index contributed by atoms with van der Waals surface area (Å²) in [4.78, 5) is 25.7. The molecule has 0 radical (unpaired) electrons. The molecule has 20 heavy (non-hydrogen) atoms. The Kier molecular flexibility index (Phi) is 8.26. The molecule has 0 aromatic rings. The Labute approximate surface area is 122 Å². The van der Waals surface area contributed by atoms with Crippen LogP contribution in [0.5, 0.6) is 0 Å². The monoisotopic (exact) mass is 283 g/mol. The number of nitrogens with one attached hydrogen (secondary N) is 2. The van der Waals surface area contributed by atoms with Gasteiger partial charge in [-0.05, 0) is 26.2 Å². The molecule has 5 nitrogen and oxygen atoms in total. The average molecular weight is 283 g/mol. The second-order valence-corrected chi connectivity index (χ2v) is 5.52. The van der Waals surface area contributed by atoms with Gasteiger partial charge in [-0.15, -0.1) is 0 Å². The van der Waals surface area contributed by atoms with Crippen LogP contribution in [0.2, 0.25) is 0 Å². The van der Waals surface area contributed by atoms with Crippen LogP contribution in [0, 0.1) is 0 Å². The summed E-state index contributed by atoms with van der Waals surface area (Å²) >= 11 is 0. The van der Waals surface area contributed by atoms with Crippen LogP contribution in [0.25, 0.3) is 0 Å². The van der Waals surface area contributed by atoms with Gasteiger partial charge in [-0.2, -0.15) is 0 Å². The Morgan fingerprint density at radius 3 is 2.35 bits per heavy atom. The molecular weight excluding hydrogens is 254 g/mol. The molecule has 1 unspecified atom stereocenters. The molecule has 5 heteroatoms. The fraction of sp³-hybridized carbons (Fsp3) is 0.867. The highest BCUT2D eigenvalue weighted by Crippen LogP contribution is 2.10. The molecule has 0 aliphatic carbocycles. The number of carbonyl (C=O) groups excluding carboxylic acids is 2.